The fourth-order valence-corrected chi connectivity index (χ4v) is 2.12. The van der Waals surface area contributed by atoms with Crippen molar-refractivity contribution in [1.82, 2.24) is 0 Å². The van der Waals surface area contributed by atoms with Gasteiger partial charge in [0.15, 0.2) is 0 Å². The molecule has 86 valence electrons. The maximum Gasteiger partial charge on any atom is 0.0730 e. The Kier molecular flexibility index (Phi) is 7.04. The summed E-state index contributed by atoms with van der Waals surface area (Å²) in [5, 5.41) is 9.63. The molecule has 0 saturated heterocycles. The minimum atomic E-state index is -0.499. The molecule has 0 aromatic heterocycles. The lowest BCUT2D eigenvalue weighted by Crippen LogP contribution is -2.25. The van der Waals surface area contributed by atoms with E-state index in [9.17, 15) is 5.11 Å². The number of rotatable bonds is 3. The molecule has 0 bridgehead atoms. The van der Waals surface area contributed by atoms with E-state index < -0.39 is 6.10 Å². The number of hydrogen-bond donors (Lipinski definition) is 2. The number of halogens is 3. The molecular weight excluding hydrogens is 345 g/mol. The van der Waals surface area contributed by atoms with Crippen molar-refractivity contribution in [3.8, 4) is 0 Å². The molecule has 1 aromatic rings. The van der Waals surface area contributed by atoms with E-state index in [0.29, 0.717) is 6.42 Å². The Labute approximate surface area is 113 Å². The van der Waals surface area contributed by atoms with Gasteiger partial charge in [0.1, 0.15) is 0 Å². The van der Waals surface area contributed by atoms with Crippen LogP contribution in [0.3, 0.4) is 0 Å². The average Bonchev–Trinajstić information content (AvgIpc) is 2.19. The second-order valence-corrected chi connectivity index (χ2v) is 4.94. The summed E-state index contributed by atoms with van der Waals surface area (Å²) in [5.74, 6) is 0. The second-order valence-electron chi connectivity index (χ2n) is 3.17. The van der Waals surface area contributed by atoms with Gasteiger partial charge in [0, 0.05) is 8.95 Å². The highest BCUT2D eigenvalue weighted by atomic mass is 79.9. The normalized spacial score (nSPS) is 14.2. The first-order chi connectivity index (χ1) is 6.56. The molecule has 1 rings (SSSR count). The molecule has 15 heavy (non-hydrogen) atoms. The molecule has 0 aliphatic carbocycles. The van der Waals surface area contributed by atoms with Gasteiger partial charge in [0.05, 0.1) is 12.1 Å². The summed E-state index contributed by atoms with van der Waals surface area (Å²) in [5.41, 5.74) is 6.84. The zero-order valence-electron chi connectivity index (χ0n) is 8.28. The Bertz CT molecular complexity index is 322. The number of aliphatic hydroxyl groups is 1. The quantitative estimate of drug-likeness (QED) is 0.869. The third-order valence-corrected chi connectivity index (χ3v) is 3.37. The second kappa shape index (κ2) is 6.86. The summed E-state index contributed by atoms with van der Waals surface area (Å²) >= 11 is 6.79. The summed E-state index contributed by atoms with van der Waals surface area (Å²) in [6.07, 6.45) is 0.153. The Hall–Kier alpha value is 0.390. The highest BCUT2D eigenvalue weighted by Gasteiger charge is 2.17. The van der Waals surface area contributed by atoms with Gasteiger partial charge in [0.25, 0.3) is 0 Å². The largest absolute Gasteiger partial charge is 0.391 e. The van der Waals surface area contributed by atoms with Crippen molar-refractivity contribution in [2.75, 3.05) is 0 Å². The van der Waals surface area contributed by atoms with Crippen LogP contribution in [0, 0.1) is 0 Å². The van der Waals surface area contributed by atoms with E-state index in [4.69, 9.17) is 5.73 Å². The molecule has 0 saturated carbocycles. The van der Waals surface area contributed by atoms with Gasteiger partial charge in [-0.3, -0.25) is 0 Å². The highest BCUT2D eigenvalue weighted by molar-refractivity contribution is 9.11. The van der Waals surface area contributed by atoms with E-state index in [0.717, 1.165) is 14.5 Å². The van der Waals surface area contributed by atoms with Crippen LogP contribution in [0.25, 0.3) is 0 Å². The summed E-state index contributed by atoms with van der Waals surface area (Å²) in [6.45, 7) is 1.91. The third kappa shape index (κ3) is 4.04. The maximum absolute atomic E-state index is 9.63. The predicted molar refractivity (Wildman–Crippen MR) is 72.3 cm³/mol. The Morgan fingerprint density at radius 3 is 2.53 bits per heavy atom. The number of nitrogens with two attached hydrogens (primary N) is 1. The molecule has 3 N–H and O–H groups in total. The van der Waals surface area contributed by atoms with Crippen molar-refractivity contribution >= 4 is 44.3 Å². The molecule has 0 unspecified atom stereocenters. The van der Waals surface area contributed by atoms with Crippen LogP contribution in [0.2, 0.25) is 0 Å². The van der Waals surface area contributed by atoms with E-state index in [1.807, 2.05) is 25.1 Å². The standard InChI is InChI=1S/C10H13Br2NO.ClH/c1-2-9(14)10(13)7-5-6(11)3-4-8(7)12;/h3-5,9-10,14H,2,13H2,1H3;1H/t9-,10+;/m1./s1. The van der Waals surface area contributed by atoms with Crippen molar-refractivity contribution in [2.24, 2.45) is 5.73 Å². The lowest BCUT2D eigenvalue weighted by atomic mass is 10.0. The fraction of sp³-hybridized carbons (Fsp3) is 0.400. The Balaban J connectivity index is 0.00000196. The van der Waals surface area contributed by atoms with Crippen molar-refractivity contribution in [1.29, 1.82) is 0 Å². The molecule has 0 heterocycles. The lowest BCUT2D eigenvalue weighted by molar-refractivity contribution is 0.140. The first-order valence-corrected chi connectivity index (χ1v) is 6.03. The number of hydrogen-bond acceptors (Lipinski definition) is 2. The summed E-state index contributed by atoms with van der Waals surface area (Å²) < 4.78 is 1.90. The monoisotopic (exact) mass is 357 g/mol. The van der Waals surface area contributed by atoms with Gasteiger partial charge >= 0.3 is 0 Å². The molecule has 0 aliphatic rings. The molecule has 0 spiro atoms. The highest BCUT2D eigenvalue weighted by Crippen LogP contribution is 2.28. The van der Waals surface area contributed by atoms with Gasteiger partial charge in [-0.05, 0) is 30.2 Å². The number of benzene rings is 1. The van der Waals surface area contributed by atoms with Crippen LogP contribution in [-0.4, -0.2) is 11.2 Å². The van der Waals surface area contributed by atoms with E-state index in [-0.39, 0.29) is 18.4 Å². The van der Waals surface area contributed by atoms with Crippen molar-refractivity contribution < 1.29 is 5.11 Å². The minimum absolute atomic E-state index is 0. The van der Waals surface area contributed by atoms with Gasteiger partial charge in [-0.1, -0.05) is 38.8 Å². The van der Waals surface area contributed by atoms with E-state index in [1.54, 1.807) is 0 Å². The maximum atomic E-state index is 9.63. The average molecular weight is 359 g/mol. The molecule has 2 nitrogen and oxygen atoms in total. The molecule has 5 heteroatoms. The van der Waals surface area contributed by atoms with Gasteiger partial charge in [0.2, 0.25) is 0 Å². The van der Waals surface area contributed by atoms with E-state index in [2.05, 4.69) is 31.9 Å². The van der Waals surface area contributed by atoms with E-state index in [1.165, 1.54) is 0 Å². The molecule has 1 aromatic carbocycles. The van der Waals surface area contributed by atoms with Gasteiger partial charge in [-0.25, -0.2) is 0 Å². The lowest BCUT2D eigenvalue weighted by Gasteiger charge is -2.19. The summed E-state index contributed by atoms with van der Waals surface area (Å²) in [6, 6.07) is 5.43. The van der Waals surface area contributed by atoms with Gasteiger partial charge in [-0.15, -0.1) is 12.4 Å². The minimum Gasteiger partial charge on any atom is -0.391 e. The first-order valence-electron chi connectivity index (χ1n) is 4.44. The van der Waals surface area contributed by atoms with Crippen molar-refractivity contribution in [3.63, 3.8) is 0 Å². The fourth-order valence-electron chi connectivity index (χ4n) is 1.23. The zero-order chi connectivity index (χ0) is 10.7. The molecule has 0 amide bonds. The van der Waals surface area contributed by atoms with Gasteiger partial charge < -0.3 is 10.8 Å². The third-order valence-electron chi connectivity index (χ3n) is 2.15. The van der Waals surface area contributed by atoms with Crippen LogP contribution in [0.1, 0.15) is 24.9 Å². The summed E-state index contributed by atoms with van der Waals surface area (Å²) in [4.78, 5) is 0. The summed E-state index contributed by atoms with van der Waals surface area (Å²) in [7, 11) is 0. The topological polar surface area (TPSA) is 46.2 Å². The molecule has 0 radical (unpaired) electrons. The molecule has 0 aliphatic heterocycles. The van der Waals surface area contributed by atoms with Crippen LogP contribution < -0.4 is 5.73 Å². The van der Waals surface area contributed by atoms with Crippen LogP contribution in [0.5, 0.6) is 0 Å². The van der Waals surface area contributed by atoms with Gasteiger partial charge in [-0.2, -0.15) is 0 Å². The smallest absolute Gasteiger partial charge is 0.0730 e. The molecule has 0 fully saturated rings. The van der Waals surface area contributed by atoms with Crippen LogP contribution in [0.4, 0.5) is 0 Å². The van der Waals surface area contributed by atoms with Crippen LogP contribution in [-0.2, 0) is 0 Å². The van der Waals surface area contributed by atoms with Crippen molar-refractivity contribution in [2.45, 2.75) is 25.5 Å². The molecular formula is C10H14Br2ClNO. The Morgan fingerprint density at radius 1 is 1.40 bits per heavy atom. The first kappa shape index (κ1) is 15.4. The van der Waals surface area contributed by atoms with Crippen LogP contribution >= 0.6 is 44.3 Å². The van der Waals surface area contributed by atoms with Crippen molar-refractivity contribution in [3.05, 3.63) is 32.7 Å². The SMILES string of the molecule is CC[C@@H](O)[C@@H](N)c1cc(Br)ccc1Br.Cl. The predicted octanol–water partition coefficient (Wildman–Crippen LogP) is 3.40. The zero-order valence-corrected chi connectivity index (χ0v) is 12.3. The van der Waals surface area contributed by atoms with E-state index >= 15 is 0 Å². The number of aliphatic hydroxyl groups excluding tert-OH is 1. The van der Waals surface area contributed by atoms with Crippen LogP contribution in [0.15, 0.2) is 27.1 Å². The molecule has 2 atom stereocenters. The Morgan fingerprint density at radius 2 is 2.00 bits per heavy atom.